The van der Waals surface area contributed by atoms with Crippen molar-refractivity contribution in [3.63, 3.8) is 0 Å². The summed E-state index contributed by atoms with van der Waals surface area (Å²) in [7, 11) is -1.46. The van der Waals surface area contributed by atoms with Gasteiger partial charge in [-0.05, 0) is 29.3 Å². The summed E-state index contributed by atoms with van der Waals surface area (Å²) in [5, 5.41) is 4.38. The first-order valence-corrected chi connectivity index (χ1v) is 14.1. The van der Waals surface area contributed by atoms with Gasteiger partial charge in [0, 0.05) is 46.9 Å². The van der Waals surface area contributed by atoms with E-state index in [0.717, 1.165) is 0 Å². The number of nitrogens with zero attached hydrogens (tertiary/aromatic N) is 2. The molecule has 4 rings (SSSR count). The maximum absolute atomic E-state index is 14.2. The van der Waals surface area contributed by atoms with Gasteiger partial charge in [0.1, 0.15) is 16.4 Å². The molecular weight excluding hydrogens is 578 g/mol. The monoisotopic (exact) mass is 604 g/mol. The van der Waals surface area contributed by atoms with Crippen LogP contribution < -0.4 is 19.9 Å². The Morgan fingerprint density at radius 2 is 1.83 bits per heavy atom. The molecule has 0 aliphatic rings. The number of nitrogens with one attached hydrogen (secondary N) is 1. The minimum atomic E-state index is -4.40. The lowest BCUT2D eigenvalue weighted by Crippen LogP contribution is -2.26. The van der Waals surface area contributed by atoms with Gasteiger partial charge >= 0.3 is 0 Å². The summed E-state index contributed by atoms with van der Waals surface area (Å²) >= 11 is 6.52. The van der Waals surface area contributed by atoms with Crippen LogP contribution in [0.1, 0.15) is 16.7 Å². The van der Waals surface area contributed by atoms with Gasteiger partial charge in [-0.25, -0.2) is 26.6 Å². The van der Waals surface area contributed by atoms with E-state index in [1.54, 1.807) is 48.5 Å². The maximum Gasteiger partial charge on any atom is 0.243 e. The average Bonchev–Trinajstić information content (AvgIpc) is 3.39. The van der Waals surface area contributed by atoms with Crippen LogP contribution in [0.15, 0.2) is 71.9 Å². The van der Waals surface area contributed by atoms with E-state index in [9.17, 15) is 22.0 Å². The zero-order valence-corrected chi connectivity index (χ0v) is 23.7. The number of carbonyl (C=O) groups is 1. The predicted octanol–water partition coefficient (Wildman–Crippen LogP) is 4.52. The van der Waals surface area contributed by atoms with E-state index in [-0.39, 0.29) is 39.7 Å². The molecule has 9 nitrogen and oxygen atoms in total. The second-order valence-electron chi connectivity index (χ2n) is 8.96. The van der Waals surface area contributed by atoms with Crippen molar-refractivity contribution in [2.45, 2.75) is 30.7 Å². The predicted molar refractivity (Wildman–Crippen MR) is 150 cm³/mol. The molecule has 41 heavy (non-hydrogen) atoms. The van der Waals surface area contributed by atoms with Crippen LogP contribution in [0.4, 0.5) is 8.78 Å². The number of aromatic nitrogens is 2. The number of alkyl halides is 2. The van der Waals surface area contributed by atoms with Crippen molar-refractivity contribution in [1.82, 2.24) is 14.5 Å². The minimum absolute atomic E-state index is 0.0582. The summed E-state index contributed by atoms with van der Waals surface area (Å²) in [4.78, 5) is 11.7. The number of nitrogens with two attached hydrogens (primary N) is 1. The molecule has 0 bridgehead atoms. The first kappa shape index (κ1) is 30.0. The van der Waals surface area contributed by atoms with Gasteiger partial charge in [-0.3, -0.25) is 4.79 Å². The van der Waals surface area contributed by atoms with E-state index in [1.807, 2.05) is 0 Å². The smallest absolute Gasteiger partial charge is 0.243 e. The fraction of sp³-hybridized carbons (Fsp3) is 0.214. The third kappa shape index (κ3) is 6.84. The van der Waals surface area contributed by atoms with E-state index >= 15 is 0 Å². The quantitative estimate of drug-likeness (QED) is 0.245. The number of hydrogen-bond donors (Lipinski definition) is 2. The third-order valence-corrected chi connectivity index (χ3v) is 8.02. The molecule has 0 fully saturated rings. The van der Waals surface area contributed by atoms with Crippen LogP contribution >= 0.6 is 11.6 Å². The molecule has 3 N–H and O–H groups in total. The zero-order chi connectivity index (χ0) is 29.7. The summed E-state index contributed by atoms with van der Waals surface area (Å²) in [6.07, 6.45) is -0.893. The molecule has 0 aliphatic heterocycles. The first-order chi connectivity index (χ1) is 19.5. The number of ether oxygens (including phenoxy) is 2. The highest BCUT2D eigenvalue weighted by molar-refractivity contribution is 7.89. The van der Waals surface area contributed by atoms with E-state index in [4.69, 9.17) is 26.8 Å². The van der Waals surface area contributed by atoms with Crippen LogP contribution in [-0.4, -0.2) is 44.8 Å². The van der Waals surface area contributed by atoms with Gasteiger partial charge in [0.2, 0.25) is 22.4 Å². The van der Waals surface area contributed by atoms with Gasteiger partial charge in [-0.2, -0.15) is 5.10 Å². The summed E-state index contributed by atoms with van der Waals surface area (Å²) in [5.41, 5.74) is 7.05. The van der Waals surface area contributed by atoms with Crippen molar-refractivity contribution in [3.8, 4) is 28.3 Å². The van der Waals surface area contributed by atoms with Crippen LogP contribution in [-0.2, 0) is 34.2 Å². The zero-order valence-electron chi connectivity index (χ0n) is 22.1. The molecule has 0 radical (unpaired) electrons. The van der Waals surface area contributed by atoms with Crippen molar-refractivity contribution >= 4 is 27.5 Å². The van der Waals surface area contributed by atoms with Crippen molar-refractivity contribution in [2.24, 2.45) is 5.73 Å². The van der Waals surface area contributed by atoms with Gasteiger partial charge < -0.3 is 15.2 Å². The molecule has 0 unspecified atom stereocenters. The Kier molecular flexibility index (Phi) is 9.26. The molecule has 1 heterocycles. The molecular formula is C28H27ClF2N4O5S. The number of carbonyl (C=O) groups excluding carboxylic acids is 1. The van der Waals surface area contributed by atoms with Crippen LogP contribution in [0, 0.1) is 0 Å². The Morgan fingerprint density at radius 1 is 1.10 bits per heavy atom. The molecule has 0 saturated carbocycles. The Hall–Kier alpha value is -4.00. The topological polar surface area (TPSA) is 126 Å². The molecule has 1 aromatic heterocycles. The van der Waals surface area contributed by atoms with Crippen LogP contribution in [0.5, 0.6) is 11.5 Å². The second kappa shape index (κ2) is 12.7. The lowest BCUT2D eigenvalue weighted by molar-refractivity contribution is -0.117. The molecule has 1 amide bonds. The molecule has 0 aliphatic carbocycles. The van der Waals surface area contributed by atoms with Crippen molar-refractivity contribution < 1.29 is 31.5 Å². The van der Waals surface area contributed by atoms with Gasteiger partial charge in [-0.1, -0.05) is 41.9 Å². The lowest BCUT2D eigenvalue weighted by Gasteiger charge is -2.20. The highest BCUT2D eigenvalue weighted by atomic mass is 35.5. The number of sulfonamides is 1. The Morgan fingerprint density at radius 3 is 2.49 bits per heavy atom. The minimum Gasteiger partial charge on any atom is -0.497 e. The first-order valence-electron chi connectivity index (χ1n) is 12.3. The highest BCUT2D eigenvalue weighted by Gasteiger charge is 2.29. The Balaban J connectivity index is 1.93. The summed E-state index contributed by atoms with van der Waals surface area (Å²) < 4.78 is 68.8. The molecule has 13 heteroatoms. The summed E-state index contributed by atoms with van der Waals surface area (Å²) in [5.74, 6) is 0.225. The molecule has 4 aromatic rings. The van der Waals surface area contributed by atoms with Gasteiger partial charge in [0.05, 0.1) is 32.5 Å². The largest absolute Gasteiger partial charge is 0.497 e. The Labute approximate surface area is 240 Å². The van der Waals surface area contributed by atoms with Crippen LogP contribution in [0.2, 0.25) is 5.02 Å². The second-order valence-corrected chi connectivity index (χ2v) is 11.1. The highest BCUT2D eigenvalue weighted by Crippen LogP contribution is 2.39. The number of methoxy groups -OCH3 is 2. The molecule has 3 aromatic carbocycles. The van der Waals surface area contributed by atoms with E-state index in [0.29, 0.717) is 28.2 Å². The summed E-state index contributed by atoms with van der Waals surface area (Å²) in [6, 6.07) is 14.5. The van der Waals surface area contributed by atoms with Crippen molar-refractivity contribution in [1.29, 1.82) is 0 Å². The van der Waals surface area contributed by atoms with Gasteiger partial charge in [0.25, 0.3) is 0 Å². The standard InChI is InChI=1S/C28H27ClF2N4O5S/c1-39-20-9-7-19(24(13-20)40-2)15-34-41(37,38)28-23(35-16-17(14-33-35)11-25(30)31)10-8-18(12-26(32)36)27(28)21-5-3-4-6-22(21)29/h3-10,13-14,16,25,34H,11-12,15H2,1-2H3,(H2,32,36). The normalized spacial score (nSPS) is 11.6. The van der Waals surface area contributed by atoms with Crippen LogP contribution in [0.25, 0.3) is 16.8 Å². The van der Waals surface area contributed by atoms with Gasteiger partial charge in [-0.15, -0.1) is 0 Å². The molecule has 0 spiro atoms. The number of benzene rings is 3. The Bertz CT molecular complexity index is 1680. The number of primary amides is 1. The number of rotatable bonds is 12. The van der Waals surface area contributed by atoms with Crippen molar-refractivity contribution in [3.05, 3.63) is 88.7 Å². The van der Waals surface area contributed by atoms with E-state index < -0.39 is 28.8 Å². The van der Waals surface area contributed by atoms with Gasteiger partial charge in [0.15, 0.2) is 0 Å². The van der Waals surface area contributed by atoms with E-state index in [1.165, 1.54) is 37.4 Å². The summed E-state index contributed by atoms with van der Waals surface area (Å²) in [6.45, 7) is -0.174. The average molecular weight is 605 g/mol. The molecule has 216 valence electrons. The number of halogens is 3. The fourth-order valence-corrected chi connectivity index (χ4v) is 6.04. The lowest BCUT2D eigenvalue weighted by atomic mass is 9.96. The molecule has 0 saturated heterocycles. The van der Waals surface area contributed by atoms with Crippen molar-refractivity contribution in [2.75, 3.05) is 14.2 Å². The van der Waals surface area contributed by atoms with Crippen LogP contribution in [0.3, 0.4) is 0 Å². The maximum atomic E-state index is 14.2. The third-order valence-electron chi connectivity index (χ3n) is 6.22. The fourth-order valence-electron chi connectivity index (χ4n) is 4.38. The number of hydrogen-bond acceptors (Lipinski definition) is 6. The SMILES string of the molecule is COc1ccc(CNS(=O)(=O)c2c(-n3cc(CC(F)F)cn3)ccc(CC(N)=O)c2-c2ccccc2Cl)c(OC)c1. The molecule has 0 atom stereocenters. The van der Waals surface area contributed by atoms with E-state index in [2.05, 4.69) is 9.82 Å². The number of amides is 1.